The number of hydrogen-bond donors (Lipinski definition) is 0. The minimum absolute atomic E-state index is 0.296. The SMILES string of the molecule is FC(F)Sc1ccc(CN2CCC[C@H](c3nc4ccccc4o3)C2)cc1. The van der Waals surface area contributed by atoms with E-state index >= 15 is 0 Å². The fourth-order valence-corrected chi connectivity index (χ4v) is 4.00. The number of rotatable bonds is 5. The molecule has 0 unspecified atom stereocenters. The number of piperidine rings is 1. The summed E-state index contributed by atoms with van der Waals surface area (Å²) in [6, 6.07) is 15.3. The highest BCUT2D eigenvalue weighted by Crippen LogP contribution is 2.30. The van der Waals surface area contributed by atoms with Gasteiger partial charge in [0.15, 0.2) is 11.5 Å². The van der Waals surface area contributed by atoms with Gasteiger partial charge in [-0.2, -0.15) is 8.78 Å². The summed E-state index contributed by atoms with van der Waals surface area (Å²) in [4.78, 5) is 7.64. The summed E-state index contributed by atoms with van der Waals surface area (Å²) in [6.07, 6.45) is 2.18. The Morgan fingerprint density at radius 2 is 1.96 bits per heavy atom. The fraction of sp³-hybridized carbons (Fsp3) is 0.350. The normalized spacial score (nSPS) is 18.7. The number of para-hydroxylation sites is 2. The fourth-order valence-electron chi connectivity index (χ4n) is 3.50. The van der Waals surface area contributed by atoms with Gasteiger partial charge in [0.1, 0.15) is 5.52 Å². The molecular weight excluding hydrogens is 354 g/mol. The molecule has 4 rings (SSSR count). The number of likely N-dealkylation sites (tertiary alicyclic amines) is 1. The van der Waals surface area contributed by atoms with E-state index in [0.29, 0.717) is 22.6 Å². The molecule has 0 N–H and O–H groups in total. The molecule has 1 aliphatic heterocycles. The maximum atomic E-state index is 12.4. The van der Waals surface area contributed by atoms with E-state index in [0.717, 1.165) is 55.0 Å². The van der Waals surface area contributed by atoms with Crippen molar-refractivity contribution in [3.63, 3.8) is 0 Å². The van der Waals surface area contributed by atoms with Crippen molar-refractivity contribution >= 4 is 22.9 Å². The molecule has 3 nitrogen and oxygen atoms in total. The summed E-state index contributed by atoms with van der Waals surface area (Å²) >= 11 is 0.585. The molecule has 0 amide bonds. The minimum atomic E-state index is -2.37. The molecular formula is C20H20F2N2OS. The second-order valence-electron chi connectivity index (χ2n) is 6.62. The van der Waals surface area contributed by atoms with Crippen LogP contribution in [0.4, 0.5) is 8.78 Å². The predicted molar refractivity (Wildman–Crippen MR) is 99.6 cm³/mol. The van der Waals surface area contributed by atoms with Crippen molar-refractivity contribution in [2.24, 2.45) is 0 Å². The van der Waals surface area contributed by atoms with Crippen LogP contribution in [0, 0.1) is 0 Å². The first kappa shape index (κ1) is 17.5. The molecule has 1 fully saturated rings. The third-order valence-electron chi connectivity index (χ3n) is 4.72. The molecule has 0 saturated carbocycles. The average Bonchev–Trinajstić information content (AvgIpc) is 3.07. The van der Waals surface area contributed by atoms with E-state index in [9.17, 15) is 8.78 Å². The molecule has 26 heavy (non-hydrogen) atoms. The summed E-state index contributed by atoms with van der Waals surface area (Å²) < 4.78 is 30.8. The van der Waals surface area contributed by atoms with E-state index < -0.39 is 5.76 Å². The average molecular weight is 374 g/mol. The second kappa shape index (κ2) is 7.76. The topological polar surface area (TPSA) is 29.3 Å². The maximum absolute atomic E-state index is 12.4. The van der Waals surface area contributed by atoms with Crippen LogP contribution in [-0.4, -0.2) is 28.7 Å². The summed E-state index contributed by atoms with van der Waals surface area (Å²) in [5.41, 5.74) is 2.89. The van der Waals surface area contributed by atoms with Crippen LogP contribution in [0.25, 0.3) is 11.1 Å². The van der Waals surface area contributed by atoms with Crippen molar-refractivity contribution in [3.8, 4) is 0 Å². The zero-order chi connectivity index (χ0) is 17.9. The number of aromatic nitrogens is 1. The van der Waals surface area contributed by atoms with Gasteiger partial charge in [0.2, 0.25) is 0 Å². The number of halogens is 2. The Labute approximate surface area is 155 Å². The highest BCUT2D eigenvalue weighted by atomic mass is 32.2. The van der Waals surface area contributed by atoms with E-state index in [1.165, 1.54) is 0 Å². The first-order chi connectivity index (χ1) is 12.7. The second-order valence-corrected chi connectivity index (χ2v) is 7.68. The van der Waals surface area contributed by atoms with Crippen LogP contribution in [0.5, 0.6) is 0 Å². The Hall–Kier alpha value is -1.92. The molecule has 1 atom stereocenters. The molecule has 0 spiro atoms. The number of oxazole rings is 1. The van der Waals surface area contributed by atoms with Crippen LogP contribution < -0.4 is 0 Å². The molecule has 2 aromatic carbocycles. The smallest absolute Gasteiger partial charge is 0.288 e. The van der Waals surface area contributed by atoms with Gasteiger partial charge in [-0.25, -0.2) is 4.98 Å². The summed E-state index contributed by atoms with van der Waals surface area (Å²) in [5, 5.41) is 0. The molecule has 1 aromatic heterocycles. The summed E-state index contributed by atoms with van der Waals surface area (Å²) in [7, 11) is 0. The number of fused-ring (bicyclic) bond motifs is 1. The van der Waals surface area contributed by atoms with Gasteiger partial charge < -0.3 is 4.42 Å². The minimum Gasteiger partial charge on any atom is -0.440 e. The van der Waals surface area contributed by atoms with Crippen LogP contribution in [0.2, 0.25) is 0 Å². The Bertz CT molecular complexity index is 833. The van der Waals surface area contributed by atoms with Crippen molar-refractivity contribution in [2.45, 2.75) is 36.0 Å². The van der Waals surface area contributed by atoms with Gasteiger partial charge in [0.05, 0.1) is 0 Å². The van der Waals surface area contributed by atoms with Crippen molar-refractivity contribution in [2.75, 3.05) is 13.1 Å². The largest absolute Gasteiger partial charge is 0.440 e. The van der Waals surface area contributed by atoms with Gasteiger partial charge in [0, 0.05) is 23.9 Å². The van der Waals surface area contributed by atoms with Crippen LogP contribution >= 0.6 is 11.8 Å². The zero-order valence-electron chi connectivity index (χ0n) is 14.3. The molecule has 6 heteroatoms. The highest BCUT2D eigenvalue weighted by Gasteiger charge is 2.25. The number of alkyl halides is 2. The Balaban J connectivity index is 1.41. The number of benzene rings is 2. The van der Waals surface area contributed by atoms with Crippen LogP contribution in [0.15, 0.2) is 57.8 Å². The molecule has 0 radical (unpaired) electrons. The predicted octanol–water partition coefficient (Wildman–Crippen LogP) is 5.52. The maximum Gasteiger partial charge on any atom is 0.288 e. The monoisotopic (exact) mass is 374 g/mol. The molecule has 3 aromatic rings. The van der Waals surface area contributed by atoms with Crippen molar-refractivity contribution in [3.05, 3.63) is 60.0 Å². The summed E-state index contributed by atoms with van der Waals surface area (Å²) in [6.45, 7) is 2.75. The van der Waals surface area contributed by atoms with Gasteiger partial charge >= 0.3 is 0 Å². The standard InChI is InChI=1S/C20H20F2N2OS/c21-20(22)26-16-9-7-14(8-10-16)12-24-11-3-4-15(13-24)19-23-17-5-1-2-6-18(17)25-19/h1-2,5-10,15,20H,3-4,11-13H2/t15-/m0/s1. The van der Waals surface area contributed by atoms with E-state index in [4.69, 9.17) is 4.42 Å². The molecule has 0 bridgehead atoms. The number of thioether (sulfide) groups is 1. The van der Waals surface area contributed by atoms with Gasteiger partial charge in [-0.3, -0.25) is 4.90 Å². The Morgan fingerprint density at radius 1 is 1.15 bits per heavy atom. The molecule has 136 valence electrons. The first-order valence-corrected chi connectivity index (χ1v) is 9.67. The Kier molecular flexibility index (Phi) is 5.22. The van der Waals surface area contributed by atoms with Crippen LogP contribution in [-0.2, 0) is 6.54 Å². The first-order valence-electron chi connectivity index (χ1n) is 8.79. The van der Waals surface area contributed by atoms with Gasteiger partial charge in [-0.05, 0) is 49.2 Å². The zero-order valence-corrected chi connectivity index (χ0v) is 15.1. The highest BCUT2D eigenvalue weighted by molar-refractivity contribution is 7.99. The van der Waals surface area contributed by atoms with Gasteiger partial charge in [-0.15, -0.1) is 0 Å². The lowest BCUT2D eigenvalue weighted by molar-refractivity contribution is 0.187. The van der Waals surface area contributed by atoms with Crippen molar-refractivity contribution in [1.82, 2.24) is 9.88 Å². The van der Waals surface area contributed by atoms with Crippen molar-refractivity contribution < 1.29 is 13.2 Å². The third kappa shape index (κ3) is 4.07. The molecule has 1 saturated heterocycles. The van der Waals surface area contributed by atoms with E-state index in [1.807, 2.05) is 36.4 Å². The lowest BCUT2D eigenvalue weighted by atomic mass is 9.97. The lowest BCUT2D eigenvalue weighted by Crippen LogP contribution is -2.34. The molecule has 0 aliphatic carbocycles. The van der Waals surface area contributed by atoms with Gasteiger partial charge in [0.25, 0.3) is 5.76 Å². The third-order valence-corrected chi connectivity index (χ3v) is 5.44. The quantitative estimate of drug-likeness (QED) is 0.550. The lowest BCUT2D eigenvalue weighted by Gasteiger charge is -2.31. The van der Waals surface area contributed by atoms with E-state index in [1.54, 1.807) is 12.1 Å². The molecule has 2 heterocycles. The number of nitrogens with zero attached hydrogens (tertiary/aromatic N) is 2. The van der Waals surface area contributed by atoms with Crippen LogP contribution in [0.1, 0.15) is 30.2 Å². The van der Waals surface area contributed by atoms with Crippen molar-refractivity contribution in [1.29, 1.82) is 0 Å². The van der Waals surface area contributed by atoms with Gasteiger partial charge in [-0.1, -0.05) is 36.0 Å². The number of hydrogen-bond acceptors (Lipinski definition) is 4. The van der Waals surface area contributed by atoms with E-state index in [2.05, 4.69) is 9.88 Å². The van der Waals surface area contributed by atoms with Crippen LogP contribution in [0.3, 0.4) is 0 Å². The Morgan fingerprint density at radius 3 is 2.73 bits per heavy atom. The summed E-state index contributed by atoms with van der Waals surface area (Å²) in [5.74, 6) is -1.26. The van der Waals surface area contributed by atoms with E-state index in [-0.39, 0.29) is 0 Å². The molecule has 1 aliphatic rings.